The van der Waals surface area contributed by atoms with Crippen LogP contribution in [0, 0.1) is 5.82 Å². The van der Waals surface area contributed by atoms with Crippen molar-refractivity contribution in [3.8, 4) is 17.3 Å². The van der Waals surface area contributed by atoms with Crippen LogP contribution < -0.4 is 4.74 Å². The Morgan fingerprint density at radius 3 is 2.95 bits per heavy atom. The van der Waals surface area contributed by atoms with Gasteiger partial charge in [-0.2, -0.15) is 0 Å². The molecule has 2 heterocycles. The predicted molar refractivity (Wildman–Crippen MR) is 68.5 cm³/mol. The molecule has 106 valence electrons. The van der Waals surface area contributed by atoms with Crippen molar-refractivity contribution in [1.29, 1.82) is 0 Å². The van der Waals surface area contributed by atoms with E-state index in [9.17, 15) is 9.18 Å². The quantitative estimate of drug-likeness (QED) is 0.777. The molecule has 0 spiro atoms. The minimum absolute atomic E-state index is 0.221. The van der Waals surface area contributed by atoms with Crippen molar-refractivity contribution >= 4 is 5.97 Å². The number of rotatable bonds is 5. The molecule has 0 aliphatic heterocycles. The summed E-state index contributed by atoms with van der Waals surface area (Å²) in [6.07, 6.45) is 1.37. The predicted octanol–water partition coefficient (Wildman–Crippen LogP) is 1.56. The molecule has 7 heteroatoms. The maximum atomic E-state index is 13.2. The normalized spacial score (nSPS) is 10.3. The van der Waals surface area contributed by atoms with Gasteiger partial charge in [-0.1, -0.05) is 0 Å². The van der Waals surface area contributed by atoms with E-state index in [1.165, 1.54) is 23.0 Å². The van der Waals surface area contributed by atoms with Crippen molar-refractivity contribution in [2.45, 2.75) is 6.92 Å². The van der Waals surface area contributed by atoms with Gasteiger partial charge in [-0.3, -0.25) is 9.67 Å². The summed E-state index contributed by atoms with van der Waals surface area (Å²) < 4.78 is 24.6. The number of halogens is 1. The van der Waals surface area contributed by atoms with E-state index in [1.54, 1.807) is 20.0 Å². The van der Waals surface area contributed by atoms with Crippen molar-refractivity contribution < 1.29 is 18.7 Å². The molecular formula is C13H14FN3O3. The van der Waals surface area contributed by atoms with E-state index in [-0.39, 0.29) is 18.3 Å². The van der Waals surface area contributed by atoms with Gasteiger partial charge in [-0.25, -0.2) is 9.18 Å². The zero-order valence-corrected chi connectivity index (χ0v) is 11.2. The number of aryl methyl sites for hydroxylation is 1. The Labute approximate surface area is 115 Å². The van der Waals surface area contributed by atoms with E-state index in [0.29, 0.717) is 18.0 Å². The fourth-order valence-electron chi connectivity index (χ4n) is 1.63. The molecule has 0 saturated carbocycles. The Bertz CT molecular complexity index is 613. The van der Waals surface area contributed by atoms with E-state index < -0.39 is 5.97 Å². The molecule has 0 unspecified atom stereocenters. The van der Waals surface area contributed by atoms with Crippen molar-refractivity contribution in [1.82, 2.24) is 14.8 Å². The number of carbonyl (C=O) groups is 1. The van der Waals surface area contributed by atoms with Gasteiger partial charge < -0.3 is 9.47 Å². The first-order chi connectivity index (χ1) is 9.60. The molecule has 0 amide bonds. The third kappa shape index (κ3) is 3.31. The fraction of sp³-hybridized carbons (Fsp3) is 0.308. The molecule has 0 bridgehead atoms. The second-order valence-corrected chi connectivity index (χ2v) is 3.94. The highest BCUT2D eigenvalue weighted by Gasteiger charge is 2.11. The maximum Gasteiger partial charge on any atom is 0.344 e. The molecule has 0 fully saturated rings. The first-order valence-electron chi connectivity index (χ1n) is 6.04. The summed E-state index contributed by atoms with van der Waals surface area (Å²) in [6, 6.07) is 4.14. The third-order valence-corrected chi connectivity index (χ3v) is 2.49. The molecule has 0 atom stereocenters. The standard InChI is InChI=1S/C13H14FN3O3/c1-3-19-13(18)8-20-12-7-11(17(2)16-12)10-6-9(14)4-5-15-10/h4-7H,3,8H2,1-2H3. The average Bonchev–Trinajstić information content (AvgIpc) is 2.78. The first kappa shape index (κ1) is 14.0. The van der Waals surface area contributed by atoms with Crippen LogP contribution in [0.25, 0.3) is 11.4 Å². The second-order valence-electron chi connectivity index (χ2n) is 3.94. The molecule has 20 heavy (non-hydrogen) atoms. The number of carbonyl (C=O) groups excluding carboxylic acids is 1. The fourth-order valence-corrected chi connectivity index (χ4v) is 1.63. The van der Waals surface area contributed by atoms with Gasteiger partial charge in [0.2, 0.25) is 5.88 Å². The molecule has 6 nitrogen and oxygen atoms in total. The molecule has 2 aromatic rings. The molecule has 0 aliphatic carbocycles. The highest BCUT2D eigenvalue weighted by molar-refractivity contribution is 5.71. The number of ether oxygens (including phenoxy) is 2. The highest BCUT2D eigenvalue weighted by atomic mass is 19.1. The summed E-state index contributed by atoms with van der Waals surface area (Å²) in [4.78, 5) is 15.2. The summed E-state index contributed by atoms with van der Waals surface area (Å²) >= 11 is 0. The molecule has 0 aliphatic rings. The smallest absolute Gasteiger partial charge is 0.344 e. The van der Waals surface area contributed by atoms with Gasteiger partial charge in [-0.15, -0.1) is 5.10 Å². The van der Waals surface area contributed by atoms with Crippen molar-refractivity contribution in [3.05, 3.63) is 30.2 Å². The SMILES string of the molecule is CCOC(=O)COc1cc(-c2cc(F)ccn2)n(C)n1. The van der Waals surface area contributed by atoms with E-state index in [1.807, 2.05) is 0 Å². The van der Waals surface area contributed by atoms with Crippen molar-refractivity contribution in [2.24, 2.45) is 7.05 Å². The zero-order chi connectivity index (χ0) is 14.5. The molecule has 0 saturated heterocycles. The number of nitrogens with zero attached hydrogens (tertiary/aromatic N) is 3. The molecule has 0 N–H and O–H groups in total. The molecule has 2 aromatic heterocycles. The van der Waals surface area contributed by atoms with Gasteiger partial charge >= 0.3 is 5.97 Å². The van der Waals surface area contributed by atoms with Crippen LogP contribution in [0.1, 0.15) is 6.92 Å². The van der Waals surface area contributed by atoms with Crippen LogP contribution >= 0.6 is 0 Å². The van der Waals surface area contributed by atoms with Gasteiger partial charge in [0.15, 0.2) is 6.61 Å². The van der Waals surface area contributed by atoms with Gasteiger partial charge in [0.1, 0.15) is 5.82 Å². The second kappa shape index (κ2) is 6.14. The van der Waals surface area contributed by atoms with Crippen LogP contribution in [-0.4, -0.2) is 33.9 Å². The van der Waals surface area contributed by atoms with Gasteiger partial charge in [-0.05, 0) is 13.0 Å². The minimum Gasteiger partial charge on any atom is -0.465 e. The van der Waals surface area contributed by atoms with Crippen LogP contribution in [0.3, 0.4) is 0 Å². The van der Waals surface area contributed by atoms with Crippen LogP contribution in [-0.2, 0) is 16.6 Å². The molecular weight excluding hydrogens is 265 g/mol. The van der Waals surface area contributed by atoms with E-state index in [2.05, 4.69) is 10.1 Å². The van der Waals surface area contributed by atoms with Gasteiger partial charge in [0.05, 0.1) is 18.0 Å². The monoisotopic (exact) mass is 279 g/mol. The molecule has 2 rings (SSSR count). The largest absolute Gasteiger partial charge is 0.465 e. The lowest BCUT2D eigenvalue weighted by Crippen LogP contribution is -2.14. The van der Waals surface area contributed by atoms with E-state index >= 15 is 0 Å². The Balaban J connectivity index is 2.12. The summed E-state index contributed by atoms with van der Waals surface area (Å²) in [5.41, 5.74) is 1.02. The molecule has 0 radical (unpaired) electrons. The van der Waals surface area contributed by atoms with Crippen molar-refractivity contribution in [3.63, 3.8) is 0 Å². The van der Waals surface area contributed by atoms with Crippen LogP contribution in [0.2, 0.25) is 0 Å². The summed E-state index contributed by atoms with van der Waals surface area (Å²) in [7, 11) is 1.68. The van der Waals surface area contributed by atoms with Crippen LogP contribution in [0.4, 0.5) is 4.39 Å². The lowest BCUT2D eigenvalue weighted by molar-refractivity contribution is -0.145. The van der Waals surface area contributed by atoms with Gasteiger partial charge in [0, 0.05) is 25.4 Å². The summed E-state index contributed by atoms with van der Waals surface area (Å²) in [6.45, 7) is 1.79. The Hall–Kier alpha value is -2.44. The minimum atomic E-state index is -0.469. The Kier molecular flexibility index (Phi) is 4.29. The van der Waals surface area contributed by atoms with E-state index in [4.69, 9.17) is 9.47 Å². The summed E-state index contributed by atoms with van der Waals surface area (Å²) in [5, 5.41) is 4.07. The summed E-state index contributed by atoms with van der Waals surface area (Å²) in [5.74, 6) is -0.601. The van der Waals surface area contributed by atoms with E-state index in [0.717, 1.165) is 0 Å². The Morgan fingerprint density at radius 2 is 2.25 bits per heavy atom. The number of aromatic nitrogens is 3. The number of hydrogen-bond donors (Lipinski definition) is 0. The zero-order valence-electron chi connectivity index (χ0n) is 11.2. The van der Waals surface area contributed by atoms with Crippen LogP contribution in [0.5, 0.6) is 5.88 Å². The first-order valence-corrected chi connectivity index (χ1v) is 6.04. The lowest BCUT2D eigenvalue weighted by Gasteiger charge is -2.01. The van der Waals surface area contributed by atoms with Crippen molar-refractivity contribution in [2.75, 3.05) is 13.2 Å². The van der Waals surface area contributed by atoms with Crippen LogP contribution in [0.15, 0.2) is 24.4 Å². The number of pyridine rings is 1. The van der Waals surface area contributed by atoms with Gasteiger partial charge in [0.25, 0.3) is 0 Å². The third-order valence-electron chi connectivity index (χ3n) is 2.49. The maximum absolute atomic E-state index is 13.2. The average molecular weight is 279 g/mol. The lowest BCUT2D eigenvalue weighted by atomic mass is 10.2. The molecule has 0 aromatic carbocycles. The number of esters is 1. The highest BCUT2D eigenvalue weighted by Crippen LogP contribution is 2.21. The Morgan fingerprint density at radius 1 is 1.45 bits per heavy atom. The topological polar surface area (TPSA) is 66.2 Å². The number of hydrogen-bond acceptors (Lipinski definition) is 5.